The highest BCUT2D eigenvalue weighted by Crippen LogP contribution is 2.20. The first-order valence-electron chi connectivity index (χ1n) is 9.27. The van der Waals surface area contributed by atoms with E-state index in [1.165, 1.54) is 4.90 Å². The van der Waals surface area contributed by atoms with Gasteiger partial charge in [0, 0.05) is 28.6 Å². The molecule has 3 aromatic rings. The third-order valence-electron chi connectivity index (χ3n) is 4.52. The molecule has 146 valence electrons. The van der Waals surface area contributed by atoms with Gasteiger partial charge < -0.3 is 19.7 Å². The highest BCUT2D eigenvalue weighted by atomic mass is 16.5. The van der Waals surface area contributed by atoms with Crippen LogP contribution < -0.4 is 10.3 Å². The van der Waals surface area contributed by atoms with E-state index in [0.29, 0.717) is 23.3 Å². The molecule has 0 radical (unpaired) electrons. The van der Waals surface area contributed by atoms with Crippen LogP contribution in [0.15, 0.2) is 53.3 Å². The summed E-state index contributed by atoms with van der Waals surface area (Å²) in [5.74, 6) is 0.493. The first-order valence-corrected chi connectivity index (χ1v) is 9.27. The quantitative estimate of drug-likeness (QED) is 0.660. The molecule has 0 fully saturated rings. The third kappa shape index (κ3) is 4.40. The molecule has 2 N–H and O–H groups in total. The summed E-state index contributed by atoms with van der Waals surface area (Å²) in [6.45, 7) is 4.48. The number of aliphatic hydroxyl groups excluding tert-OH is 1. The van der Waals surface area contributed by atoms with Gasteiger partial charge in [-0.25, -0.2) is 0 Å². The van der Waals surface area contributed by atoms with Gasteiger partial charge in [0.25, 0.3) is 11.5 Å². The van der Waals surface area contributed by atoms with Crippen LogP contribution in [0.2, 0.25) is 0 Å². The molecule has 0 aliphatic rings. The van der Waals surface area contributed by atoms with Crippen LogP contribution in [0.1, 0.15) is 28.4 Å². The van der Waals surface area contributed by atoms with Crippen LogP contribution in [-0.2, 0) is 6.54 Å². The second-order valence-corrected chi connectivity index (χ2v) is 6.62. The van der Waals surface area contributed by atoms with Crippen molar-refractivity contribution in [3.8, 4) is 5.75 Å². The van der Waals surface area contributed by atoms with E-state index in [2.05, 4.69) is 4.98 Å². The maximum atomic E-state index is 12.8. The number of aromatic nitrogens is 1. The van der Waals surface area contributed by atoms with Crippen molar-refractivity contribution in [1.82, 2.24) is 9.88 Å². The monoisotopic (exact) mass is 380 g/mol. The minimum absolute atomic E-state index is 0.109. The zero-order chi connectivity index (χ0) is 20.1. The van der Waals surface area contributed by atoms with E-state index >= 15 is 0 Å². The molecule has 0 aliphatic carbocycles. The van der Waals surface area contributed by atoms with Crippen molar-refractivity contribution in [3.63, 3.8) is 0 Å². The summed E-state index contributed by atoms with van der Waals surface area (Å²) in [6.07, 6.45) is 0. The molecule has 0 saturated heterocycles. The van der Waals surface area contributed by atoms with Gasteiger partial charge in [0.05, 0.1) is 19.8 Å². The number of benzene rings is 2. The minimum Gasteiger partial charge on any atom is -0.494 e. The van der Waals surface area contributed by atoms with Crippen LogP contribution in [0.4, 0.5) is 0 Å². The van der Waals surface area contributed by atoms with Crippen LogP contribution in [0.25, 0.3) is 10.9 Å². The van der Waals surface area contributed by atoms with Crippen molar-refractivity contribution in [2.24, 2.45) is 0 Å². The Bertz CT molecular complexity index is 1020. The average molecular weight is 380 g/mol. The van der Waals surface area contributed by atoms with Crippen molar-refractivity contribution in [3.05, 3.63) is 75.6 Å². The maximum absolute atomic E-state index is 12.8. The van der Waals surface area contributed by atoms with Gasteiger partial charge >= 0.3 is 0 Å². The van der Waals surface area contributed by atoms with Crippen molar-refractivity contribution >= 4 is 16.8 Å². The molecule has 0 saturated carbocycles. The number of amides is 1. The summed E-state index contributed by atoms with van der Waals surface area (Å²) in [4.78, 5) is 29.7. The largest absolute Gasteiger partial charge is 0.494 e. The molecule has 3 rings (SSSR count). The number of carbonyl (C=O) groups is 1. The van der Waals surface area contributed by atoms with Gasteiger partial charge in [-0.3, -0.25) is 9.59 Å². The maximum Gasteiger partial charge on any atom is 0.254 e. The number of aromatic amines is 1. The van der Waals surface area contributed by atoms with Crippen LogP contribution in [0, 0.1) is 6.92 Å². The minimum atomic E-state index is -0.253. The third-order valence-corrected chi connectivity index (χ3v) is 4.52. The summed E-state index contributed by atoms with van der Waals surface area (Å²) in [5, 5.41) is 10.2. The van der Waals surface area contributed by atoms with Crippen LogP contribution in [0.3, 0.4) is 0 Å². The van der Waals surface area contributed by atoms with Crippen LogP contribution in [0.5, 0.6) is 5.75 Å². The van der Waals surface area contributed by atoms with Crippen molar-refractivity contribution in [1.29, 1.82) is 0 Å². The van der Waals surface area contributed by atoms with Gasteiger partial charge in [-0.1, -0.05) is 17.7 Å². The highest BCUT2D eigenvalue weighted by molar-refractivity contribution is 5.94. The van der Waals surface area contributed by atoms with Gasteiger partial charge in [-0.2, -0.15) is 0 Å². The molecule has 1 heterocycles. The number of fused-ring (bicyclic) bond motifs is 1. The second-order valence-electron chi connectivity index (χ2n) is 6.62. The normalized spacial score (nSPS) is 10.8. The number of ether oxygens (including phenoxy) is 1. The summed E-state index contributed by atoms with van der Waals surface area (Å²) >= 11 is 0. The Hall–Kier alpha value is -3.12. The molecule has 0 atom stereocenters. The van der Waals surface area contributed by atoms with Gasteiger partial charge in [-0.15, -0.1) is 0 Å². The second kappa shape index (κ2) is 8.71. The Morgan fingerprint density at radius 2 is 1.89 bits per heavy atom. The number of aryl methyl sites for hydroxylation is 1. The fraction of sp³-hybridized carbons (Fsp3) is 0.273. The van der Waals surface area contributed by atoms with Crippen LogP contribution in [-0.4, -0.2) is 40.7 Å². The molecular formula is C22H24N2O4. The number of hydrogen-bond acceptors (Lipinski definition) is 4. The topological polar surface area (TPSA) is 82.6 Å². The number of rotatable bonds is 7. The molecule has 0 unspecified atom stereocenters. The van der Waals surface area contributed by atoms with Crippen LogP contribution >= 0.6 is 0 Å². The molecule has 0 bridgehead atoms. The molecule has 1 aromatic heterocycles. The Morgan fingerprint density at radius 1 is 1.14 bits per heavy atom. The molecule has 0 spiro atoms. The zero-order valence-corrected chi connectivity index (χ0v) is 16.1. The lowest BCUT2D eigenvalue weighted by Gasteiger charge is -2.22. The van der Waals surface area contributed by atoms with Gasteiger partial charge in [-0.05, 0) is 50.2 Å². The number of carbonyl (C=O) groups excluding carboxylic acids is 1. The number of nitrogens with one attached hydrogen (secondary N) is 1. The summed E-state index contributed by atoms with van der Waals surface area (Å²) < 4.78 is 5.52. The van der Waals surface area contributed by atoms with E-state index in [0.717, 1.165) is 16.7 Å². The average Bonchev–Trinajstić information content (AvgIpc) is 2.68. The van der Waals surface area contributed by atoms with Gasteiger partial charge in [0.1, 0.15) is 5.75 Å². The molecule has 2 aromatic carbocycles. The lowest BCUT2D eigenvalue weighted by molar-refractivity contribution is 0.0707. The summed E-state index contributed by atoms with van der Waals surface area (Å²) in [5.41, 5.74) is 2.48. The number of H-pyrrole nitrogens is 1. The first-order chi connectivity index (χ1) is 13.5. The first kappa shape index (κ1) is 19.6. The summed E-state index contributed by atoms with van der Waals surface area (Å²) in [6, 6.07) is 14.5. The van der Waals surface area contributed by atoms with E-state index in [9.17, 15) is 14.7 Å². The fourth-order valence-corrected chi connectivity index (χ4v) is 3.06. The van der Waals surface area contributed by atoms with E-state index in [1.807, 2.05) is 32.0 Å². The molecule has 6 nitrogen and oxygen atoms in total. The number of aliphatic hydroxyl groups is 1. The number of nitrogens with zero attached hydrogens (tertiary/aromatic N) is 1. The molecule has 28 heavy (non-hydrogen) atoms. The molecule has 6 heteroatoms. The fourth-order valence-electron chi connectivity index (χ4n) is 3.06. The smallest absolute Gasteiger partial charge is 0.254 e. The Morgan fingerprint density at radius 3 is 2.57 bits per heavy atom. The Balaban J connectivity index is 1.92. The number of hydrogen-bond donors (Lipinski definition) is 2. The predicted octanol–water partition coefficient (Wildman–Crippen LogP) is 2.87. The van der Waals surface area contributed by atoms with Gasteiger partial charge in [0.15, 0.2) is 0 Å². The van der Waals surface area contributed by atoms with Crippen molar-refractivity contribution < 1.29 is 14.6 Å². The number of pyridine rings is 1. The lowest BCUT2D eigenvalue weighted by Crippen LogP contribution is -2.35. The highest BCUT2D eigenvalue weighted by Gasteiger charge is 2.17. The van der Waals surface area contributed by atoms with E-state index in [-0.39, 0.29) is 31.2 Å². The van der Waals surface area contributed by atoms with Crippen molar-refractivity contribution in [2.75, 3.05) is 19.8 Å². The molecular weight excluding hydrogens is 356 g/mol. The predicted molar refractivity (Wildman–Crippen MR) is 109 cm³/mol. The Labute approximate surface area is 163 Å². The lowest BCUT2D eigenvalue weighted by atomic mass is 10.1. The van der Waals surface area contributed by atoms with E-state index in [1.54, 1.807) is 30.3 Å². The standard InChI is InChI=1S/C22H24N2O4/c1-3-28-19-8-9-20-17(13-19)12-18(21(26)23-20)14-24(10-11-25)22(27)16-6-4-15(2)5-7-16/h4-9,12-13,25H,3,10-11,14H2,1-2H3,(H,23,26). The SMILES string of the molecule is CCOc1ccc2[nH]c(=O)c(CN(CCO)C(=O)c3ccc(C)cc3)cc2c1. The zero-order valence-electron chi connectivity index (χ0n) is 16.1. The molecule has 0 aliphatic heterocycles. The van der Waals surface area contributed by atoms with Gasteiger partial charge in [0.2, 0.25) is 0 Å². The van der Waals surface area contributed by atoms with E-state index < -0.39 is 0 Å². The summed E-state index contributed by atoms with van der Waals surface area (Å²) in [7, 11) is 0. The van der Waals surface area contributed by atoms with E-state index in [4.69, 9.17) is 4.74 Å². The van der Waals surface area contributed by atoms with Crippen molar-refractivity contribution in [2.45, 2.75) is 20.4 Å². The molecule has 1 amide bonds. The Kier molecular flexibility index (Phi) is 6.11.